The van der Waals surface area contributed by atoms with Crippen molar-refractivity contribution in [2.75, 3.05) is 17.2 Å². The Labute approximate surface area is 191 Å². The largest absolute Gasteiger partial charge is 0.348 e. The molecule has 0 aliphatic carbocycles. The zero-order valence-corrected chi connectivity index (χ0v) is 18.6. The summed E-state index contributed by atoms with van der Waals surface area (Å²) in [5.74, 6) is 0.610. The number of anilines is 4. The summed E-state index contributed by atoms with van der Waals surface area (Å²) in [6.07, 6.45) is 3.04. The van der Waals surface area contributed by atoms with Crippen LogP contribution in [0.1, 0.15) is 41.4 Å². The summed E-state index contributed by atoms with van der Waals surface area (Å²) in [6, 6.07) is 8.93. The molecule has 0 atom stereocenters. The third kappa shape index (κ3) is 5.07. The maximum atomic E-state index is 12.7. The summed E-state index contributed by atoms with van der Waals surface area (Å²) in [6.45, 7) is 9.33. The second-order valence-electron chi connectivity index (χ2n) is 7.89. The SMILES string of the molecule is C=CCNC(=O)c1cnc(Nc2ccc3c(c2)CNC3)nc1Nc1ccc(=O)n(C(C)C)n1. The Morgan fingerprint density at radius 2 is 2.03 bits per heavy atom. The Kier molecular flexibility index (Phi) is 6.45. The molecule has 1 amide bonds. The Bertz CT molecular complexity index is 1250. The van der Waals surface area contributed by atoms with Gasteiger partial charge in [-0.1, -0.05) is 12.1 Å². The third-order valence-electron chi connectivity index (χ3n) is 5.09. The van der Waals surface area contributed by atoms with Gasteiger partial charge in [0.1, 0.15) is 11.4 Å². The topological polar surface area (TPSA) is 126 Å². The lowest BCUT2D eigenvalue weighted by Crippen LogP contribution is -2.26. The van der Waals surface area contributed by atoms with Gasteiger partial charge in [0.25, 0.3) is 11.5 Å². The van der Waals surface area contributed by atoms with Crippen molar-refractivity contribution in [3.63, 3.8) is 0 Å². The van der Waals surface area contributed by atoms with Gasteiger partial charge in [-0.15, -0.1) is 6.58 Å². The van der Waals surface area contributed by atoms with Crippen LogP contribution in [0.3, 0.4) is 0 Å². The lowest BCUT2D eigenvalue weighted by atomic mass is 10.1. The number of fused-ring (bicyclic) bond motifs is 1. The van der Waals surface area contributed by atoms with Crippen LogP contribution >= 0.6 is 0 Å². The Morgan fingerprint density at radius 3 is 2.82 bits per heavy atom. The van der Waals surface area contributed by atoms with Crippen LogP contribution in [0.4, 0.5) is 23.3 Å². The fraction of sp³-hybridized carbons (Fsp3) is 0.261. The van der Waals surface area contributed by atoms with Gasteiger partial charge < -0.3 is 21.3 Å². The lowest BCUT2D eigenvalue weighted by Gasteiger charge is -2.14. The standard InChI is InChI=1S/C23H26N8O2/c1-4-9-25-22(33)18-13-26-23(27-17-6-5-15-11-24-12-16(15)10-17)29-21(18)28-19-7-8-20(32)31(30-19)14(2)3/h4-8,10,13-14,24H,1,9,11-12H2,2-3H3,(H,25,33)(H2,26,27,28,29,30). The number of hydrogen-bond donors (Lipinski definition) is 4. The zero-order chi connectivity index (χ0) is 23.4. The molecule has 4 N–H and O–H groups in total. The maximum absolute atomic E-state index is 12.7. The fourth-order valence-electron chi connectivity index (χ4n) is 3.45. The summed E-state index contributed by atoms with van der Waals surface area (Å²) < 4.78 is 1.36. The summed E-state index contributed by atoms with van der Waals surface area (Å²) >= 11 is 0. The molecule has 0 saturated heterocycles. The number of nitrogens with zero attached hydrogens (tertiary/aromatic N) is 4. The highest BCUT2D eigenvalue weighted by Crippen LogP contribution is 2.24. The lowest BCUT2D eigenvalue weighted by molar-refractivity contribution is 0.0958. The highest BCUT2D eigenvalue weighted by atomic mass is 16.1. The van der Waals surface area contributed by atoms with Crippen LogP contribution in [-0.4, -0.2) is 32.2 Å². The minimum absolute atomic E-state index is 0.119. The van der Waals surface area contributed by atoms with Crippen LogP contribution in [0.2, 0.25) is 0 Å². The minimum atomic E-state index is -0.357. The van der Waals surface area contributed by atoms with Gasteiger partial charge in [-0.25, -0.2) is 9.67 Å². The molecule has 2 aromatic heterocycles. The van der Waals surface area contributed by atoms with E-state index in [4.69, 9.17) is 0 Å². The molecule has 4 rings (SSSR count). The molecule has 10 heteroatoms. The van der Waals surface area contributed by atoms with E-state index in [2.05, 4.69) is 55.0 Å². The average Bonchev–Trinajstić information content (AvgIpc) is 3.26. The van der Waals surface area contributed by atoms with E-state index < -0.39 is 0 Å². The van der Waals surface area contributed by atoms with Crippen molar-refractivity contribution in [2.24, 2.45) is 0 Å². The zero-order valence-electron chi connectivity index (χ0n) is 18.6. The van der Waals surface area contributed by atoms with Gasteiger partial charge >= 0.3 is 0 Å². The van der Waals surface area contributed by atoms with Crippen LogP contribution in [0, 0.1) is 0 Å². The summed E-state index contributed by atoms with van der Waals surface area (Å²) in [5, 5.41) is 16.6. The summed E-state index contributed by atoms with van der Waals surface area (Å²) in [5.41, 5.74) is 3.36. The van der Waals surface area contributed by atoms with Crippen molar-refractivity contribution >= 4 is 29.2 Å². The van der Waals surface area contributed by atoms with E-state index in [9.17, 15) is 9.59 Å². The number of carbonyl (C=O) groups excluding carboxylic acids is 1. The molecule has 1 aliphatic rings. The maximum Gasteiger partial charge on any atom is 0.267 e. The van der Waals surface area contributed by atoms with Crippen molar-refractivity contribution in [1.82, 2.24) is 30.4 Å². The van der Waals surface area contributed by atoms with Crippen LogP contribution in [0.25, 0.3) is 0 Å². The Hall–Kier alpha value is -4.05. The molecular formula is C23H26N8O2. The normalized spacial score (nSPS) is 12.3. The first-order valence-corrected chi connectivity index (χ1v) is 10.7. The second kappa shape index (κ2) is 9.61. The van der Waals surface area contributed by atoms with Crippen molar-refractivity contribution in [1.29, 1.82) is 0 Å². The first kappa shape index (κ1) is 22.2. The molecule has 1 aromatic carbocycles. The number of rotatable bonds is 8. The predicted molar refractivity (Wildman–Crippen MR) is 127 cm³/mol. The Balaban J connectivity index is 1.66. The molecule has 10 nitrogen and oxygen atoms in total. The molecule has 1 aliphatic heterocycles. The molecule has 0 unspecified atom stereocenters. The molecule has 170 valence electrons. The molecule has 0 saturated carbocycles. The summed E-state index contributed by atoms with van der Waals surface area (Å²) in [7, 11) is 0. The highest BCUT2D eigenvalue weighted by Gasteiger charge is 2.17. The number of benzene rings is 1. The van der Waals surface area contributed by atoms with E-state index in [1.807, 2.05) is 19.9 Å². The van der Waals surface area contributed by atoms with Crippen molar-refractivity contribution < 1.29 is 4.79 Å². The molecule has 0 spiro atoms. The number of aromatic nitrogens is 4. The first-order chi connectivity index (χ1) is 15.9. The molecular weight excluding hydrogens is 420 g/mol. The quantitative estimate of drug-likeness (QED) is 0.389. The van der Waals surface area contributed by atoms with E-state index in [0.717, 1.165) is 18.8 Å². The van der Waals surface area contributed by atoms with E-state index in [1.54, 1.807) is 12.1 Å². The molecule has 0 bridgehead atoms. The highest BCUT2D eigenvalue weighted by molar-refractivity contribution is 5.99. The third-order valence-corrected chi connectivity index (χ3v) is 5.09. The number of nitrogens with one attached hydrogen (secondary N) is 4. The van der Waals surface area contributed by atoms with Gasteiger partial charge in [0.15, 0.2) is 5.82 Å². The molecule has 0 fully saturated rings. The van der Waals surface area contributed by atoms with Crippen LogP contribution in [0.5, 0.6) is 0 Å². The Morgan fingerprint density at radius 1 is 1.21 bits per heavy atom. The predicted octanol–water partition coefficient (Wildman–Crippen LogP) is 2.62. The van der Waals surface area contributed by atoms with E-state index in [0.29, 0.717) is 18.3 Å². The molecule has 0 radical (unpaired) electrons. The van der Waals surface area contributed by atoms with Gasteiger partial charge in [0, 0.05) is 37.6 Å². The first-order valence-electron chi connectivity index (χ1n) is 10.7. The van der Waals surface area contributed by atoms with E-state index in [1.165, 1.54) is 28.1 Å². The summed E-state index contributed by atoms with van der Waals surface area (Å²) in [4.78, 5) is 33.6. The smallest absolute Gasteiger partial charge is 0.267 e. The van der Waals surface area contributed by atoms with Crippen LogP contribution in [-0.2, 0) is 13.1 Å². The van der Waals surface area contributed by atoms with Gasteiger partial charge in [-0.2, -0.15) is 10.1 Å². The van der Waals surface area contributed by atoms with Crippen LogP contribution in [0.15, 0.2) is 54.0 Å². The van der Waals surface area contributed by atoms with E-state index >= 15 is 0 Å². The fourth-order valence-corrected chi connectivity index (χ4v) is 3.45. The van der Waals surface area contributed by atoms with Crippen molar-refractivity contribution in [2.45, 2.75) is 33.0 Å². The number of carbonyl (C=O) groups is 1. The van der Waals surface area contributed by atoms with Crippen molar-refractivity contribution in [3.05, 3.63) is 76.2 Å². The van der Waals surface area contributed by atoms with E-state index in [-0.39, 0.29) is 28.9 Å². The number of amides is 1. The van der Waals surface area contributed by atoms with Gasteiger partial charge in [-0.05, 0) is 43.2 Å². The second-order valence-corrected chi connectivity index (χ2v) is 7.89. The van der Waals surface area contributed by atoms with Gasteiger partial charge in [0.2, 0.25) is 5.95 Å². The molecule has 33 heavy (non-hydrogen) atoms. The molecule has 3 heterocycles. The monoisotopic (exact) mass is 446 g/mol. The van der Waals surface area contributed by atoms with Gasteiger partial charge in [-0.3, -0.25) is 9.59 Å². The van der Waals surface area contributed by atoms with Crippen LogP contribution < -0.4 is 26.8 Å². The number of hydrogen-bond acceptors (Lipinski definition) is 8. The van der Waals surface area contributed by atoms with Crippen molar-refractivity contribution in [3.8, 4) is 0 Å². The van der Waals surface area contributed by atoms with Gasteiger partial charge in [0.05, 0.1) is 6.04 Å². The minimum Gasteiger partial charge on any atom is -0.348 e. The molecule has 3 aromatic rings. The average molecular weight is 447 g/mol.